The van der Waals surface area contributed by atoms with Gasteiger partial charge in [-0.2, -0.15) is 0 Å². The van der Waals surface area contributed by atoms with Crippen molar-refractivity contribution in [3.8, 4) is 0 Å². The van der Waals surface area contributed by atoms with E-state index in [0.29, 0.717) is 11.2 Å². The summed E-state index contributed by atoms with van der Waals surface area (Å²) in [5.41, 5.74) is 0.0953. The molecule has 2 rings (SSSR count). The number of carboxylic acids is 1. The van der Waals surface area contributed by atoms with E-state index >= 15 is 0 Å². The molecule has 8 nitrogen and oxygen atoms in total. The average molecular weight is 278 g/mol. The number of nitrogens with zero attached hydrogens (tertiary/aromatic N) is 2. The molecule has 8 heteroatoms. The largest absolute Gasteiger partial charge is 0.476 e. The Morgan fingerprint density at radius 1 is 1.35 bits per heavy atom. The third-order valence-corrected chi connectivity index (χ3v) is 2.30. The summed E-state index contributed by atoms with van der Waals surface area (Å²) in [5.74, 6) is -1.18. The van der Waals surface area contributed by atoms with Gasteiger partial charge in [-0.1, -0.05) is 0 Å². The molecule has 0 saturated heterocycles. The number of hydrogen-bond donors (Lipinski definition) is 3. The second-order valence-electron chi connectivity index (χ2n) is 5.08. The SMILES string of the molecule is CC(C)(C)OC(=O)Nc1c[nH]c2c(C(=O)O)ncnc12. The molecule has 0 radical (unpaired) electrons. The number of ether oxygens (including phenoxy) is 1. The maximum Gasteiger partial charge on any atom is 0.412 e. The highest BCUT2D eigenvalue weighted by Crippen LogP contribution is 2.23. The molecule has 106 valence electrons. The number of anilines is 1. The summed E-state index contributed by atoms with van der Waals surface area (Å²) >= 11 is 0. The molecule has 0 saturated carbocycles. The molecule has 0 fully saturated rings. The van der Waals surface area contributed by atoms with Crippen molar-refractivity contribution in [3.05, 3.63) is 18.2 Å². The highest BCUT2D eigenvalue weighted by molar-refractivity contribution is 6.04. The van der Waals surface area contributed by atoms with Gasteiger partial charge in [0.15, 0.2) is 5.69 Å². The Bertz CT molecular complexity index is 672. The highest BCUT2D eigenvalue weighted by atomic mass is 16.6. The first-order valence-corrected chi connectivity index (χ1v) is 5.83. The van der Waals surface area contributed by atoms with Gasteiger partial charge in [0, 0.05) is 6.20 Å². The van der Waals surface area contributed by atoms with Gasteiger partial charge in [-0.3, -0.25) is 5.32 Å². The van der Waals surface area contributed by atoms with Gasteiger partial charge in [-0.25, -0.2) is 19.6 Å². The fourth-order valence-corrected chi connectivity index (χ4v) is 1.61. The van der Waals surface area contributed by atoms with Crippen LogP contribution < -0.4 is 5.32 Å². The molecule has 0 aromatic carbocycles. The van der Waals surface area contributed by atoms with E-state index < -0.39 is 17.7 Å². The van der Waals surface area contributed by atoms with E-state index in [4.69, 9.17) is 9.84 Å². The van der Waals surface area contributed by atoms with Gasteiger partial charge in [-0.15, -0.1) is 0 Å². The van der Waals surface area contributed by atoms with Crippen LogP contribution in [0.5, 0.6) is 0 Å². The predicted octanol–water partition coefficient (Wildman–Crippen LogP) is 2.00. The van der Waals surface area contributed by atoms with Crippen LogP contribution in [0.25, 0.3) is 11.0 Å². The molecule has 0 atom stereocenters. The first-order valence-electron chi connectivity index (χ1n) is 5.83. The second-order valence-corrected chi connectivity index (χ2v) is 5.08. The van der Waals surface area contributed by atoms with Crippen LogP contribution >= 0.6 is 0 Å². The number of rotatable bonds is 2. The summed E-state index contributed by atoms with van der Waals surface area (Å²) in [6.45, 7) is 5.23. The number of aromatic amines is 1. The van der Waals surface area contributed by atoms with Crippen molar-refractivity contribution in [2.24, 2.45) is 0 Å². The van der Waals surface area contributed by atoms with E-state index in [0.717, 1.165) is 6.33 Å². The van der Waals surface area contributed by atoms with E-state index in [2.05, 4.69) is 20.3 Å². The molecule has 0 spiro atoms. The number of H-pyrrole nitrogens is 1. The molecular formula is C12H14N4O4. The maximum absolute atomic E-state index is 11.7. The monoisotopic (exact) mass is 278 g/mol. The standard InChI is InChI=1S/C12H14N4O4/c1-12(2,3)20-11(19)16-6-4-13-8-7(6)14-5-15-9(8)10(17)18/h4-5,13H,1-3H3,(H,16,19)(H,17,18). The number of hydrogen-bond acceptors (Lipinski definition) is 5. The average Bonchev–Trinajstić information content (AvgIpc) is 2.69. The number of carbonyl (C=O) groups is 2. The Kier molecular flexibility index (Phi) is 3.31. The fraction of sp³-hybridized carbons (Fsp3) is 0.333. The van der Waals surface area contributed by atoms with Crippen molar-refractivity contribution in [2.45, 2.75) is 26.4 Å². The smallest absolute Gasteiger partial charge is 0.412 e. The molecule has 3 N–H and O–H groups in total. The van der Waals surface area contributed by atoms with Crippen molar-refractivity contribution in [2.75, 3.05) is 5.32 Å². The van der Waals surface area contributed by atoms with Crippen LogP contribution in [-0.2, 0) is 4.74 Å². The zero-order valence-electron chi connectivity index (χ0n) is 11.2. The van der Waals surface area contributed by atoms with Crippen LogP contribution in [0.2, 0.25) is 0 Å². The van der Waals surface area contributed by atoms with Crippen LogP contribution in [0.3, 0.4) is 0 Å². The fourth-order valence-electron chi connectivity index (χ4n) is 1.61. The Morgan fingerprint density at radius 3 is 2.65 bits per heavy atom. The molecule has 2 aromatic heterocycles. The van der Waals surface area contributed by atoms with Crippen LogP contribution in [0, 0.1) is 0 Å². The summed E-state index contributed by atoms with van der Waals surface area (Å²) in [7, 11) is 0. The Labute approximate surface area is 114 Å². The molecule has 0 unspecified atom stereocenters. The first kappa shape index (κ1) is 13.8. The number of aromatic carboxylic acids is 1. The number of carboxylic acid groups (broad SMARTS) is 1. The molecule has 20 heavy (non-hydrogen) atoms. The molecular weight excluding hydrogens is 264 g/mol. The van der Waals surface area contributed by atoms with Crippen LogP contribution in [-0.4, -0.2) is 37.7 Å². The Hall–Kier alpha value is -2.64. The minimum absolute atomic E-state index is 0.160. The highest BCUT2D eigenvalue weighted by Gasteiger charge is 2.19. The van der Waals surface area contributed by atoms with Crippen molar-refractivity contribution in [1.82, 2.24) is 15.0 Å². The third kappa shape index (κ3) is 2.85. The molecule has 1 amide bonds. The molecule has 0 aliphatic rings. The van der Waals surface area contributed by atoms with Gasteiger partial charge in [0.05, 0.1) is 5.69 Å². The van der Waals surface area contributed by atoms with Crippen LogP contribution in [0.15, 0.2) is 12.5 Å². The molecule has 0 aliphatic heterocycles. The zero-order chi connectivity index (χ0) is 14.9. The van der Waals surface area contributed by atoms with Crippen molar-refractivity contribution in [1.29, 1.82) is 0 Å². The summed E-state index contributed by atoms with van der Waals surface area (Å²) in [6, 6.07) is 0. The molecule has 2 heterocycles. The first-order chi connectivity index (χ1) is 9.28. The number of carbonyl (C=O) groups excluding carboxylic acids is 1. The summed E-state index contributed by atoms with van der Waals surface area (Å²) in [4.78, 5) is 33.1. The lowest BCUT2D eigenvalue weighted by Crippen LogP contribution is -2.27. The van der Waals surface area contributed by atoms with Crippen LogP contribution in [0.4, 0.5) is 10.5 Å². The predicted molar refractivity (Wildman–Crippen MR) is 70.7 cm³/mol. The molecule has 0 aliphatic carbocycles. The topological polar surface area (TPSA) is 117 Å². The van der Waals surface area contributed by atoms with Gasteiger partial charge in [0.2, 0.25) is 0 Å². The summed E-state index contributed by atoms with van der Waals surface area (Å²) in [5, 5.41) is 11.5. The lowest BCUT2D eigenvalue weighted by Gasteiger charge is -2.19. The van der Waals surface area contributed by atoms with Crippen molar-refractivity contribution in [3.63, 3.8) is 0 Å². The van der Waals surface area contributed by atoms with E-state index in [-0.39, 0.29) is 11.2 Å². The van der Waals surface area contributed by atoms with E-state index in [1.54, 1.807) is 20.8 Å². The van der Waals surface area contributed by atoms with Gasteiger partial charge in [0.25, 0.3) is 0 Å². The third-order valence-electron chi connectivity index (χ3n) is 2.30. The number of aromatic nitrogens is 3. The summed E-state index contributed by atoms with van der Waals surface area (Å²) in [6.07, 6.45) is 1.92. The van der Waals surface area contributed by atoms with Crippen molar-refractivity contribution >= 4 is 28.8 Å². The number of amides is 1. The van der Waals surface area contributed by atoms with Crippen molar-refractivity contribution < 1.29 is 19.4 Å². The minimum atomic E-state index is -1.18. The molecule has 0 bridgehead atoms. The number of fused-ring (bicyclic) bond motifs is 1. The quantitative estimate of drug-likeness (QED) is 0.773. The lowest BCUT2D eigenvalue weighted by molar-refractivity contribution is 0.0634. The minimum Gasteiger partial charge on any atom is -0.476 e. The van der Waals surface area contributed by atoms with Gasteiger partial charge in [-0.05, 0) is 20.8 Å². The van der Waals surface area contributed by atoms with E-state index in [1.165, 1.54) is 6.20 Å². The Balaban J connectivity index is 2.31. The Morgan fingerprint density at radius 2 is 2.05 bits per heavy atom. The van der Waals surface area contributed by atoms with Gasteiger partial charge < -0.3 is 14.8 Å². The molecule has 2 aromatic rings. The van der Waals surface area contributed by atoms with Gasteiger partial charge >= 0.3 is 12.1 Å². The summed E-state index contributed by atoms with van der Waals surface area (Å²) < 4.78 is 5.11. The normalized spacial score (nSPS) is 11.3. The zero-order valence-corrected chi connectivity index (χ0v) is 11.2. The second kappa shape index (κ2) is 4.80. The van der Waals surface area contributed by atoms with E-state index in [9.17, 15) is 9.59 Å². The van der Waals surface area contributed by atoms with Gasteiger partial charge in [0.1, 0.15) is 23.0 Å². The number of nitrogens with one attached hydrogen (secondary N) is 2. The lowest BCUT2D eigenvalue weighted by atomic mass is 10.2. The maximum atomic E-state index is 11.7. The van der Waals surface area contributed by atoms with Crippen LogP contribution in [0.1, 0.15) is 31.3 Å². The van der Waals surface area contributed by atoms with E-state index in [1.807, 2.05) is 0 Å².